The molecule has 1 amide bonds. The van der Waals surface area contributed by atoms with Crippen molar-refractivity contribution in [2.45, 2.75) is 44.5 Å². The molecule has 0 saturated carbocycles. The molecule has 0 spiro atoms. The standard InChI is InChI=1S/C25H27N5O3S/c1-5-20(23(31)26-21-16(3)8-7-9-17(21)4)34-25-28-27-22-24(32)29(14-15-30(22)25)18-10-12-19(13-11-18)33-6-2/h7-15,20H,5-6H2,1-4H3,(H,26,31)/t20-/m1/s1. The molecular formula is C25H27N5O3S. The van der Waals surface area contributed by atoms with Crippen LogP contribution < -0.4 is 15.6 Å². The molecule has 8 nitrogen and oxygen atoms in total. The van der Waals surface area contributed by atoms with Crippen molar-refractivity contribution in [2.75, 3.05) is 11.9 Å². The number of thioether (sulfide) groups is 1. The number of aryl methyl sites for hydroxylation is 2. The van der Waals surface area contributed by atoms with E-state index in [1.165, 1.54) is 16.3 Å². The van der Waals surface area contributed by atoms with Gasteiger partial charge in [-0.25, -0.2) is 0 Å². The van der Waals surface area contributed by atoms with Gasteiger partial charge in [-0.1, -0.05) is 36.9 Å². The third kappa shape index (κ3) is 4.70. The van der Waals surface area contributed by atoms with Crippen LogP contribution in [0, 0.1) is 13.8 Å². The predicted octanol–water partition coefficient (Wildman–Crippen LogP) is 4.41. The van der Waals surface area contributed by atoms with Crippen molar-refractivity contribution >= 4 is 29.0 Å². The monoisotopic (exact) mass is 477 g/mol. The normalized spacial score (nSPS) is 12.0. The highest BCUT2D eigenvalue weighted by Crippen LogP contribution is 2.27. The van der Waals surface area contributed by atoms with Crippen LogP contribution in [0.2, 0.25) is 0 Å². The summed E-state index contributed by atoms with van der Waals surface area (Å²) in [5.41, 5.74) is 3.46. The van der Waals surface area contributed by atoms with Crippen molar-refractivity contribution < 1.29 is 9.53 Å². The minimum Gasteiger partial charge on any atom is -0.494 e. The molecule has 0 unspecified atom stereocenters. The van der Waals surface area contributed by atoms with E-state index in [-0.39, 0.29) is 22.4 Å². The average molecular weight is 478 g/mol. The Hall–Kier alpha value is -3.59. The van der Waals surface area contributed by atoms with Crippen molar-refractivity contribution in [2.24, 2.45) is 0 Å². The molecule has 176 valence electrons. The highest BCUT2D eigenvalue weighted by Gasteiger charge is 2.23. The highest BCUT2D eigenvalue weighted by atomic mass is 32.2. The molecule has 1 atom stereocenters. The van der Waals surface area contributed by atoms with Crippen LogP contribution in [0.4, 0.5) is 5.69 Å². The van der Waals surface area contributed by atoms with Crippen LogP contribution in [0.15, 0.2) is 64.8 Å². The van der Waals surface area contributed by atoms with Crippen LogP contribution in [-0.4, -0.2) is 36.9 Å². The molecule has 0 aliphatic carbocycles. The number of fused-ring (bicyclic) bond motifs is 1. The Kier molecular flexibility index (Phi) is 7.02. The van der Waals surface area contributed by atoms with Crippen LogP contribution in [0.25, 0.3) is 11.3 Å². The van der Waals surface area contributed by atoms with E-state index in [0.717, 1.165) is 22.6 Å². The third-order valence-corrected chi connectivity index (χ3v) is 6.83. The number of anilines is 1. The fourth-order valence-corrected chi connectivity index (χ4v) is 4.62. The van der Waals surface area contributed by atoms with Gasteiger partial charge in [-0.2, -0.15) is 0 Å². The Morgan fingerprint density at radius 1 is 1.06 bits per heavy atom. The molecule has 0 bridgehead atoms. The molecular weight excluding hydrogens is 450 g/mol. The third-order valence-electron chi connectivity index (χ3n) is 5.51. The van der Waals surface area contributed by atoms with E-state index in [0.29, 0.717) is 23.9 Å². The van der Waals surface area contributed by atoms with Gasteiger partial charge in [-0.05, 0) is 62.6 Å². The number of benzene rings is 2. The number of hydrogen-bond acceptors (Lipinski definition) is 6. The summed E-state index contributed by atoms with van der Waals surface area (Å²) in [6, 6.07) is 13.2. The summed E-state index contributed by atoms with van der Waals surface area (Å²) < 4.78 is 8.61. The van der Waals surface area contributed by atoms with E-state index in [9.17, 15) is 9.59 Å². The van der Waals surface area contributed by atoms with E-state index in [1.807, 2.05) is 70.2 Å². The largest absolute Gasteiger partial charge is 0.494 e. The first kappa shape index (κ1) is 23.6. The first-order chi connectivity index (χ1) is 16.4. The first-order valence-corrected chi connectivity index (χ1v) is 12.0. The lowest BCUT2D eigenvalue weighted by molar-refractivity contribution is -0.115. The van der Waals surface area contributed by atoms with Crippen molar-refractivity contribution in [3.63, 3.8) is 0 Å². The smallest absolute Gasteiger partial charge is 0.300 e. The summed E-state index contributed by atoms with van der Waals surface area (Å²) in [6.07, 6.45) is 4.02. The molecule has 2 aromatic carbocycles. The number of amides is 1. The summed E-state index contributed by atoms with van der Waals surface area (Å²) in [7, 11) is 0. The topological polar surface area (TPSA) is 90.5 Å². The maximum atomic E-state index is 13.1. The van der Waals surface area contributed by atoms with Gasteiger partial charge in [-0.3, -0.25) is 18.6 Å². The Morgan fingerprint density at radius 2 is 1.76 bits per heavy atom. The zero-order chi connectivity index (χ0) is 24.2. The van der Waals surface area contributed by atoms with Crippen molar-refractivity contribution in [1.82, 2.24) is 19.2 Å². The van der Waals surface area contributed by atoms with Gasteiger partial charge >= 0.3 is 5.56 Å². The van der Waals surface area contributed by atoms with Crippen LogP contribution in [0.3, 0.4) is 0 Å². The molecule has 0 saturated heterocycles. The summed E-state index contributed by atoms with van der Waals surface area (Å²) in [6.45, 7) is 8.39. The molecule has 2 aromatic heterocycles. The number of carbonyl (C=O) groups excluding carboxylic acids is 1. The second kappa shape index (κ2) is 10.1. The second-order valence-corrected chi connectivity index (χ2v) is 9.02. The summed E-state index contributed by atoms with van der Waals surface area (Å²) in [4.78, 5) is 26.1. The van der Waals surface area contributed by atoms with Gasteiger partial charge in [-0.15, -0.1) is 10.2 Å². The molecule has 0 fully saturated rings. The molecule has 9 heteroatoms. The van der Waals surface area contributed by atoms with Crippen molar-refractivity contribution in [1.29, 1.82) is 0 Å². The average Bonchev–Trinajstić information content (AvgIpc) is 3.24. The number of nitrogens with one attached hydrogen (secondary N) is 1. The van der Waals surface area contributed by atoms with E-state index in [4.69, 9.17) is 4.74 Å². The van der Waals surface area contributed by atoms with Gasteiger partial charge in [0.2, 0.25) is 11.6 Å². The van der Waals surface area contributed by atoms with Crippen LogP contribution in [0.5, 0.6) is 5.75 Å². The minimum atomic E-state index is -0.389. The molecule has 0 aliphatic rings. The minimum absolute atomic E-state index is 0.107. The number of hydrogen-bond donors (Lipinski definition) is 1. The Labute approximate surface area is 202 Å². The van der Waals surface area contributed by atoms with Gasteiger partial charge in [0, 0.05) is 23.8 Å². The predicted molar refractivity (Wildman–Crippen MR) is 134 cm³/mol. The number of aromatic nitrogens is 4. The number of nitrogens with zero attached hydrogens (tertiary/aromatic N) is 4. The molecule has 4 aromatic rings. The van der Waals surface area contributed by atoms with Crippen LogP contribution >= 0.6 is 11.8 Å². The highest BCUT2D eigenvalue weighted by molar-refractivity contribution is 8.00. The van der Waals surface area contributed by atoms with Gasteiger partial charge in [0.25, 0.3) is 0 Å². The fourth-order valence-electron chi connectivity index (χ4n) is 3.68. The maximum absolute atomic E-state index is 13.1. The van der Waals surface area contributed by atoms with Gasteiger partial charge < -0.3 is 10.1 Å². The summed E-state index contributed by atoms with van der Waals surface area (Å²) >= 11 is 1.29. The molecule has 2 heterocycles. The van der Waals surface area contributed by atoms with Crippen LogP contribution in [-0.2, 0) is 4.79 Å². The number of ether oxygens (including phenoxy) is 1. The molecule has 0 radical (unpaired) electrons. The van der Waals surface area contributed by atoms with Gasteiger partial charge in [0.05, 0.1) is 11.9 Å². The molecule has 34 heavy (non-hydrogen) atoms. The van der Waals surface area contributed by atoms with Crippen molar-refractivity contribution in [3.8, 4) is 11.4 Å². The fraction of sp³-hybridized carbons (Fsp3) is 0.280. The second-order valence-electron chi connectivity index (χ2n) is 7.85. The number of para-hydroxylation sites is 1. The van der Waals surface area contributed by atoms with E-state index in [1.54, 1.807) is 16.8 Å². The first-order valence-electron chi connectivity index (χ1n) is 11.2. The zero-order valence-electron chi connectivity index (χ0n) is 19.6. The van der Waals surface area contributed by atoms with E-state index >= 15 is 0 Å². The summed E-state index contributed by atoms with van der Waals surface area (Å²) in [5.74, 6) is 0.635. The van der Waals surface area contributed by atoms with Crippen molar-refractivity contribution in [3.05, 3.63) is 76.3 Å². The Balaban J connectivity index is 1.58. The summed E-state index contributed by atoms with van der Waals surface area (Å²) in [5, 5.41) is 11.5. The Morgan fingerprint density at radius 3 is 2.41 bits per heavy atom. The SMILES string of the molecule is CCOc1ccc(-n2ccn3c(S[C@H](CC)C(=O)Nc4c(C)cccc4C)nnc3c2=O)cc1. The molecule has 4 rings (SSSR count). The molecule has 0 aliphatic heterocycles. The van der Waals surface area contributed by atoms with Gasteiger partial charge in [0.1, 0.15) is 5.75 Å². The lowest BCUT2D eigenvalue weighted by atomic mass is 10.1. The Bertz CT molecular complexity index is 1360. The zero-order valence-corrected chi connectivity index (χ0v) is 20.4. The van der Waals surface area contributed by atoms with E-state index < -0.39 is 0 Å². The van der Waals surface area contributed by atoms with E-state index in [2.05, 4.69) is 15.5 Å². The van der Waals surface area contributed by atoms with Crippen LogP contribution in [0.1, 0.15) is 31.4 Å². The van der Waals surface area contributed by atoms with Gasteiger partial charge in [0.15, 0.2) is 5.16 Å². The number of carbonyl (C=O) groups is 1. The maximum Gasteiger partial charge on any atom is 0.300 e. The quantitative estimate of drug-likeness (QED) is 0.378. The lowest BCUT2D eigenvalue weighted by Crippen LogP contribution is -2.26. The lowest BCUT2D eigenvalue weighted by Gasteiger charge is -2.16. The molecule has 1 N–H and O–H groups in total. The number of rotatable bonds is 8.